The molecule has 0 aliphatic heterocycles. The molecule has 3 aromatic rings. The molecule has 0 unspecified atom stereocenters. The van der Waals surface area contributed by atoms with Crippen LogP contribution in [0.15, 0.2) is 50.7 Å². The number of sulfonamides is 1. The number of nitrogens with zero attached hydrogens (tertiary/aromatic N) is 2. The Hall–Kier alpha value is -2.91. The summed E-state index contributed by atoms with van der Waals surface area (Å²) in [5.41, 5.74) is 2.30. The minimum absolute atomic E-state index is 0.0143. The molecule has 0 bridgehead atoms. The number of aromatic nitrogens is 2. The van der Waals surface area contributed by atoms with Crippen molar-refractivity contribution < 1.29 is 17.6 Å². The molecule has 0 aliphatic carbocycles. The minimum Gasteiger partial charge on any atom is -0.496 e. The fourth-order valence-electron chi connectivity index (χ4n) is 3.14. The summed E-state index contributed by atoms with van der Waals surface area (Å²) in [6.07, 6.45) is 1.52. The summed E-state index contributed by atoms with van der Waals surface area (Å²) >= 11 is 0. The molecule has 0 amide bonds. The van der Waals surface area contributed by atoms with Crippen molar-refractivity contribution in [1.29, 1.82) is 0 Å². The number of aryl methyl sites for hydroxylation is 1. The molecule has 2 aromatic heterocycles. The van der Waals surface area contributed by atoms with E-state index >= 15 is 0 Å². The summed E-state index contributed by atoms with van der Waals surface area (Å²) in [5.74, 6) is 1.20. The van der Waals surface area contributed by atoms with E-state index in [1.165, 1.54) is 17.0 Å². The lowest BCUT2D eigenvalue weighted by molar-refractivity contribution is 0.407. The lowest BCUT2D eigenvalue weighted by Crippen LogP contribution is -2.32. The fourth-order valence-corrected chi connectivity index (χ4v) is 4.55. The van der Waals surface area contributed by atoms with Gasteiger partial charge < -0.3 is 9.15 Å². The van der Waals surface area contributed by atoms with E-state index in [-0.39, 0.29) is 23.5 Å². The van der Waals surface area contributed by atoms with Gasteiger partial charge in [-0.25, -0.2) is 17.8 Å². The van der Waals surface area contributed by atoms with E-state index < -0.39 is 10.0 Å². The van der Waals surface area contributed by atoms with Crippen molar-refractivity contribution in [2.75, 3.05) is 13.7 Å². The molecule has 1 aromatic carbocycles. The maximum Gasteiger partial charge on any atom is 0.266 e. The molecule has 0 radical (unpaired) electrons. The highest BCUT2D eigenvalue weighted by Crippen LogP contribution is 2.30. The molecule has 0 saturated carbocycles. The van der Waals surface area contributed by atoms with Gasteiger partial charge in [-0.15, -0.1) is 0 Å². The van der Waals surface area contributed by atoms with E-state index in [1.807, 2.05) is 6.92 Å². The van der Waals surface area contributed by atoms with Gasteiger partial charge in [-0.1, -0.05) is 0 Å². The van der Waals surface area contributed by atoms with Gasteiger partial charge in [0.25, 0.3) is 5.56 Å². The molecular formula is C20H23N3O5S. The molecule has 2 heterocycles. The highest BCUT2D eigenvalue weighted by Gasteiger charge is 2.21. The molecule has 0 saturated heterocycles. The summed E-state index contributed by atoms with van der Waals surface area (Å²) in [5, 5.41) is 4.23. The number of nitrogens with one attached hydrogen (secondary N) is 1. The number of hydrogen-bond acceptors (Lipinski definition) is 6. The third kappa shape index (κ3) is 4.25. The lowest BCUT2D eigenvalue weighted by Gasteiger charge is -2.16. The first-order valence-corrected chi connectivity index (χ1v) is 10.5. The summed E-state index contributed by atoms with van der Waals surface area (Å²) in [6.45, 7) is 5.46. The predicted octanol–water partition coefficient (Wildman–Crippen LogP) is 2.42. The van der Waals surface area contributed by atoms with Crippen LogP contribution < -0.4 is 15.0 Å². The summed E-state index contributed by atoms with van der Waals surface area (Å²) in [4.78, 5) is 12.3. The van der Waals surface area contributed by atoms with Crippen LogP contribution in [0.25, 0.3) is 11.5 Å². The van der Waals surface area contributed by atoms with Crippen LogP contribution >= 0.6 is 0 Å². The van der Waals surface area contributed by atoms with E-state index in [4.69, 9.17) is 9.15 Å². The van der Waals surface area contributed by atoms with E-state index in [9.17, 15) is 13.2 Å². The Morgan fingerprint density at radius 2 is 1.93 bits per heavy atom. The molecule has 154 valence electrons. The van der Waals surface area contributed by atoms with Crippen LogP contribution in [-0.2, 0) is 16.6 Å². The van der Waals surface area contributed by atoms with Crippen LogP contribution in [0.5, 0.6) is 5.75 Å². The van der Waals surface area contributed by atoms with Crippen LogP contribution in [0.1, 0.15) is 16.7 Å². The van der Waals surface area contributed by atoms with Gasteiger partial charge in [0.2, 0.25) is 10.0 Å². The summed E-state index contributed by atoms with van der Waals surface area (Å²) in [6, 6.07) is 7.98. The minimum atomic E-state index is -3.76. The Labute approximate surface area is 169 Å². The van der Waals surface area contributed by atoms with Crippen molar-refractivity contribution >= 4 is 10.0 Å². The van der Waals surface area contributed by atoms with Crippen molar-refractivity contribution in [3.05, 3.63) is 63.6 Å². The lowest BCUT2D eigenvalue weighted by atomic mass is 10.1. The van der Waals surface area contributed by atoms with Crippen LogP contribution in [0.3, 0.4) is 0 Å². The smallest absolute Gasteiger partial charge is 0.266 e. The summed E-state index contributed by atoms with van der Waals surface area (Å²) < 4.78 is 40.0. The Morgan fingerprint density at radius 3 is 2.59 bits per heavy atom. The van der Waals surface area contributed by atoms with Crippen LogP contribution in [0.2, 0.25) is 0 Å². The first kappa shape index (κ1) is 20.8. The van der Waals surface area contributed by atoms with Crippen molar-refractivity contribution in [2.24, 2.45) is 0 Å². The van der Waals surface area contributed by atoms with Crippen LogP contribution in [0, 0.1) is 20.8 Å². The zero-order valence-corrected chi connectivity index (χ0v) is 17.5. The SMILES string of the molecule is COc1c(C)cc(S(=O)(=O)NCCn2nc(-c3ccco3)ccc2=O)c(C)c1C. The first-order chi connectivity index (χ1) is 13.7. The monoisotopic (exact) mass is 417 g/mol. The maximum atomic E-state index is 12.8. The summed E-state index contributed by atoms with van der Waals surface area (Å²) in [7, 11) is -2.21. The van der Waals surface area contributed by atoms with Gasteiger partial charge in [-0.2, -0.15) is 5.10 Å². The number of rotatable bonds is 7. The predicted molar refractivity (Wildman–Crippen MR) is 109 cm³/mol. The molecule has 0 spiro atoms. The third-order valence-corrected chi connectivity index (χ3v) is 6.32. The quantitative estimate of drug-likeness (QED) is 0.633. The first-order valence-electron chi connectivity index (χ1n) is 9.01. The number of furan rings is 1. The second-order valence-electron chi connectivity index (χ2n) is 6.63. The largest absolute Gasteiger partial charge is 0.496 e. The maximum absolute atomic E-state index is 12.8. The Kier molecular flexibility index (Phi) is 5.90. The molecule has 1 N–H and O–H groups in total. The zero-order chi connectivity index (χ0) is 21.2. The number of methoxy groups -OCH3 is 1. The highest BCUT2D eigenvalue weighted by atomic mass is 32.2. The molecule has 0 aliphatic rings. The Balaban J connectivity index is 1.79. The van der Waals surface area contributed by atoms with E-state index in [1.54, 1.807) is 45.2 Å². The average molecular weight is 417 g/mol. The number of benzene rings is 1. The molecule has 9 heteroatoms. The molecule has 29 heavy (non-hydrogen) atoms. The van der Waals surface area contributed by atoms with Crippen LogP contribution in [0.4, 0.5) is 0 Å². The van der Waals surface area contributed by atoms with Crippen LogP contribution in [-0.4, -0.2) is 31.9 Å². The molecule has 0 atom stereocenters. The van der Waals surface area contributed by atoms with Gasteiger partial charge in [0.15, 0.2) is 5.76 Å². The van der Waals surface area contributed by atoms with Gasteiger partial charge in [0.1, 0.15) is 11.4 Å². The van der Waals surface area contributed by atoms with Gasteiger partial charge in [-0.05, 0) is 61.7 Å². The Bertz CT molecular complexity index is 1180. The normalized spacial score (nSPS) is 11.6. The molecule has 0 fully saturated rings. The van der Waals surface area contributed by atoms with Gasteiger partial charge in [0.05, 0.1) is 24.8 Å². The van der Waals surface area contributed by atoms with Crippen molar-refractivity contribution in [2.45, 2.75) is 32.2 Å². The topological polar surface area (TPSA) is 103 Å². The second-order valence-corrected chi connectivity index (χ2v) is 8.37. The standard InChI is InChI=1S/C20H23N3O5S/c1-13-12-18(14(2)15(3)20(13)27-4)29(25,26)21-9-10-23-19(24)8-7-16(22-23)17-6-5-11-28-17/h5-8,11-12,21H,9-10H2,1-4H3. The average Bonchev–Trinajstić information content (AvgIpc) is 3.21. The van der Waals surface area contributed by atoms with E-state index in [0.29, 0.717) is 22.8 Å². The fraction of sp³-hybridized carbons (Fsp3) is 0.300. The van der Waals surface area contributed by atoms with E-state index in [2.05, 4.69) is 9.82 Å². The zero-order valence-electron chi connectivity index (χ0n) is 16.7. The van der Waals surface area contributed by atoms with Crippen molar-refractivity contribution in [3.63, 3.8) is 0 Å². The second kappa shape index (κ2) is 8.22. The highest BCUT2D eigenvalue weighted by molar-refractivity contribution is 7.89. The number of hydrogen-bond donors (Lipinski definition) is 1. The third-order valence-electron chi connectivity index (χ3n) is 4.73. The van der Waals surface area contributed by atoms with E-state index in [0.717, 1.165) is 11.1 Å². The van der Waals surface area contributed by atoms with Gasteiger partial charge in [-0.3, -0.25) is 4.79 Å². The molecule has 8 nitrogen and oxygen atoms in total. The molecular weight excluding hydrogens is 394 g/mol. The van der Waals surface area contributed by atoms with Crippen molar-refractivity contribution in [3.8, 4) is 17.2 Å². The Morgan fingerprint density at radius 1 is 1.17 bits per heavy atom. The number of ether oxygens (including phenoxy) is 1. The van der Waals surface area contributed by atoms with Gasteiger partial charge in [0, 0.05) is 12.6 Å². The van der Waals surface area contributed by atoms with Crippen molar-refractivity contribution in [1.82, 2.24) is 14.5 Å². The van der Waals surface area contributed by atoms with Gasteiger partial charge >= 0.3 is 0 Å². The molecule has 3 rings (SSSR count).